The molecule has 2 rings (SSSR count). The molecule has 0 saturated carbocycles. The Hall–Kier alpha value is -2.69. The quantitative estimate of drug-likeness (QED) is 0.876. The zero-order chi connectivity index (χ0) is 13.7. The summed E-state index contributed by atoms with van der Waals surface area (Å²) >= 11 is 0. The van der Waals surface area contributed by atoms with Gasteiger partial charge >= 0.3 is 5.97 Å². The third-order valence-electron chi connectivity index (χ3n) is 2.52. The summed E-state index contributed by atoms with van der Waals surface area (Å²) in [4.78, 5) is 26.7. The molecule has 5 heteroatoms. The maximum absolute atomic E-state index is 12.1. The molecule has 19 heavy (non-hydrogen) atoms. The van der Waals surface area contributed by atoms with Crippen LogP contribution in [-0.2, 0) is 11.2 Å². The highest BCUT2D eigenvalue weighted by Crippen LogP contribution is 2.12. The van der Waals surface area contributed by atoms with Crippen molar-refractivity contribution < 1.29 is 14.7 Å². The predicted molar refractivity (Wildman–Crippen MR) is 70.0 cm³/mol. The minimum absolute atomic E-state index is 0.184. The van der Waals surface area contributed by atoms with Crippen LogP contribution in [0.15, 0.2) is 48.8 Å². The van der Waals surface area contributed by atoms with Gasteiger partial charge in [-0.2, -0.15) is 0 Å². The van der Waals surface area contributed by atoms with Crippen LogP contribution in [0.4, 0.5) is 5.69 Å². The van der Waals surface area contributed by atoms with Gasteiger partial charge in [-0.05, 0) is 23.8 Å². The van der Waals surface area contributed by atoms with Gasteiger partial charge in [-0.25, -0.2) is 0 Å². The lowest BCUT2D eigenvalue weighted by Crippen LogP contribution is -2.15. The van der Waals surface area contributed by atoms with E-state index in [1.807, 2.05) is 0 Å². The van der Waals surface area contributed by atoms with Gasteiger partial charge in [0.05, 0.1) is 18.3 Å². The van der Waals surface area contributed by atoms with Crippen LogP contribution >= 0.6 is 0 Å². The minimum atomic E-state index is -0.971. The normalized spacial score (nSPS) is 9.89. The van der Waals surface area contributed by atoms with E-state index >= 15 is 0 Å². The molecule has 1 heterocycles. The molecule has 0 radical (unpaired) electrons. The van der Waals surface area contributed by atoms with E-state index < -0.39 is 5.97 Å². The average Bonchev–Trinajstić information content (AvgIpc) is 2.39. The van der Waals surface area contributed by atoms with Gasteiger partial charge in [-0.1, -0.05) is 18.2 Å². The summed E-state index contributed by atoms with van der Waals surface area (Å²) in [6.07, 6.45) is 2.95. The highest BCUT2D eigenvalue weighted by Gasteiger charge is 2.13. The largest absolute Gasteiger partial charge is 0.481 e. The molecule has 96 valence electrons. The Kier molecular flexibility index (Phi) is 3.87. The highest BCUT2D eigenvalue weighted by molar-refractivity contribution is 6.05. The zero-order valence-electron chi connectivity index (χ0n) is 10.0. The van der Waals surface area contributed by atoms with Crippen LogP contribution in [0.3, 0.4) is 0 Å². The second-order valence-corrected chi connectivity index (χ2v) is 3.92. The highest BCUT2D eigenvalue weighted by atomic mass is 16.4. The smallest absolute Gasteiger partial charge is 0.307 e. The molecule has 0 aliphatic carbocycles. The Morgan fingerprint density at radius 2 is 1.95 bits per heavy atom. The number of amides is 1. The van der Waals surface area contributed by atoms with Crippen molar-refractivity contribution in [1.29, 1.82) is 0 Å². The molecule has 1 amide bonds. The van der Waals surface area contributed by atoms with Gasteiger partial charge in [0.15, 0.2) is 0 Å². The molecular weight excluding hydrogens is 244 g/mol. The number of hydrogen-bond donors (Lipinski definition) is 2. The molecule has 0 unspecified atom stereocenters. The van der Waals surface area contributed by atoms with Crippen LogP contribution in [0.5, 0.6) is 0 Å². The third kappa shape index (κ3) is 3.38. The summed E-state index contributed by atoms with van der Waals surface area (Å²) in [7, 11) is 0. The van der Waals surface area contributed by atoms with Crippen LogP contribution in [-0.4, -0.2) is 22.0 Å². The van der Waals surface area contributed by atoms with Gasteiger partial charge < -0.3 is 10.4 Å². The lowest BCUT2D eigenvalue weighted by atomic mass is 10.0. The van der Waals surface area contributed by atoms with Crippen molar-refractivity contribution in [3.63, 3.8) is 0 Å². The maximum Gasteiger partial charge on any atom is 0.307 e. The van der Waals surface area contributed by atoms with E-state index in [4.69, 9.17) is 5.11 Å². The number of aliphatic carboxylic acids is 1. The third-order valence-corrected chi connectivity index (χ3v) is 2.52. The predicted octanol–water partition coefficient (Wildman–Crippen LogP) is 1.96. The Bertz CT molecular complexity index is 597. The zero-order valence-corrected chi connectivity index (χ0v) is 10.0. The first-order chi connectivity index (χ1) is 9.16. The first-order valence-electron chi connectivity index (χ1n) is 5.68. The van der Waals surface area contributed by atoms with Crippen LogP contribution in [0, 0.1) is 0 Å². The monoisotopic (exact) mass is 256 g/mol. The fourth-order valence-electron chi connectivity index (χ4n) is 1.69. The summed E-state index contributed by atoms with van der Waals surface area (Å²) in [5, 5.41) is 11.5. The number of nitrogens with zero attached hydrogens (tertiary/aromatic N) is 1. The number of carboxylic acid groups (broad SMARTS) is 1. The van der Waals surface area contributed by atoms with Crippen molar-refractivity contribution in [2.75, 3.05) is 5.32 Å². The van der Waals surface area contributed by atoms with Crippen LogP contribution in [0.1, 0.15) is 15.9 Å². The van der Waals surface area contributed by atoms with Crippen molar-refractivity contribution in [3.8, 4) is 0 Å². The molecule has 2 N–H and O–H groups in total. The number of carbonyl (C=O) groups is 2. The number of carboxylic acids is 1. The van der Waals surface area contributed by atoms with Crippen molar-refractivity contribution in [2.45, 2.75) is 6.42 Å². The Balaban J connectivity index is 2.21. The molecule has 0 aliphatic rings. The second kappa shape index (κ2) is 5.77. The van der Waals surface area contributed by atoms with Gasteiger partial charge in [-0.3, -0.25) is 14.6 Å². The number of nitrogens with one attached hydrogen (secondary N) is 1. The Morgan fingerprint density at radius 3 is 2.63 bits per heavy atom. The number of hydrogen-bond acceptors (Lipinski definition) is 3. The molecule has 1 aromatic carbocycles. The molecule has 0 fully saturated rings. The molecule has 0 aliphatic heterocycles. The second-order valence-electron chi connectivity index (χ2n) is 3.92. The summed E-state index contributed by atoms with van der Waals surface area (Å²) in [6.45, 7) is 0. The molecule has 0 atom stereocenters. The topological polar surface area (TPSA) is 79.3 Å². The van der Waals surface area contributed by atoms with E-state index in [-0.39, 0.29) is 12.3 Å². The molecular formula is C14H12N2O3. The number of pyridine rings is 1. The van der Waals surface area contributed by atoms with Crippen LogP contribution in [0.2, 0.25) is 0 Å². The lowest BCUT2D eigenvalue weighted by Gasteiger charge is -2.08. The van der Waals surface area contributed by atoms with Crippen LogP contribution in [0.25, 0.3) is 0 Å². The van der Waals surface area contributed by atoms with Gasteiger partial charge in [0.1, 0.15) is 0 Å². The Morgan fingerprint density at radius 1 is 1.16 bits per heavy atom. The molecule has 0 spiro atoms. The van der Waals surface area contributed by atoms with E-state index in [2.05, 4.69) is 10.3 Å². The van der Waals surface area contributed by atoms with Gasteiger partial charge in [0.2, 0.25) is 0 Å². The fourth-order valence-corrected chi connectivity index (χ4v) is 1.69. The van der Waals surface area contributed by atoms with Crippen molar-refractivity contribution in [3.05, 3.63) is 59.9 Å². The fraction of sp³-hybridized carbons (Fsp3) is 0.0714. The number of rotatable bonds is 4. The van der Waals surface area contributed by atoms with Gasteiger partial charge in [0, 0.05) is 11.8 Å². The number of benzene rings is 1. The molecule has 0 saturated heterocycles. The Labute approximate surface area is 109 Å². The van der Waals surface area contributed by atoms with E-state index in [0.717, 1.165) is 0 Å². The standard InChI is InChI=1S/C14H12N2O3/c17-13(18)8-10-4-1-2-6-12(10)14(19)16-11-5-3-7-15-9-11/h1-7,9H,8H2,(H,16,19)(H,17,18). The molecule has 0 bridgehead atoms. The van der Waals surface area contributed by atoms with E-state index in [1.54, 1.807) is 42.6 Å². The molecule has 1 aromatic heterocycles. The SMILES string of the molecule is O=C(O)Cc1ccccc1C(=O)Nc1cccnc1. The van der Waals surface area contributed by atoms with E-state index in [0.29, 0.717) is 16.8 Å². The van der Waals surface area contributed by atoms with Crippen molar-refractivity contribution in [1.82, 2.24) is 4.98 Å². The lowest BCUT2D eigenvalue weighted by molar-refractivity contribution is -0.136. The first kappa shape index (κ1) is 12.8. The number of anilines is 1. The van der Waals surface area contributed by atoms with Crippen LogP contribution < -0.4 is 5.32 Å². The van der Waals surface area contributed by atoms with Gasteiger partial charge in [0.25, 0.3) is 5.91 Å². The van der Waals surface area contributed by atoms with Gasteiger partial charge in [-0.15, -0.1) is 0 Å². The summed E-state index contributed by atoms with van der Waals surface area (Å²) in [6, 6.07) is 10.1. The average molecular weight is 256 g/mol. The first-order valence-corrected chi connectivity index (χ1v) is 5.68. The minimum Gasteiger partial charge on any atom is -0.481 e. The summed E-state index contributed by atoms with van der Waals surface area (Å²) in [5.74, 6) is -1.31. The van der Waals surface area contributed by atoms with Crippen molar-refractivity contribution >= 4 is 17.6 Å². The van der Waals surface area contributed by atoms with E-state index in [1.165, 1.54) is 6.20 Å². The molecule has 2 aromatic rings. The van der Waals surface area contributed by atoms with Crippen molar-refractivity contribution in [2.24, 2.45) is 0 Å². The number of carbonyl (C=O) groups excluding carboxylic acids is 1. The summed E-state index contributed by atoms with van der Waals surface area (Å²) in [5.41, 5.74) is 1.41. The summed E-state index contributed by atoms with van der Waals surface area (Å²) < 4.78 is 0. The maximum atomic E-state index is 12.1. The van der Waals surface area contributed by atoms with E-state index in [9.17, 15) is 9.59 Å². The number of aromatic nitrogens is 1. The molecule has 5 nitrogen and oxygen atoms in total.